The number of aromatic hydroxyl groups is 2. The number of carbonyl (C=O) groups is 2. The molecule has 2 atom stereocenters. The summed E-state index contributed by atoms with van der Waals surface area (Å²) in [6.45, 7) is 1.74. The summed E-state index contributed by atoms with van der Waals surface area (Å²) in [5.74, 6) is -2.03. The van der Waals surface area contributed by atoms with E-state index in [0.29, 0.717) is 0 Å². The van der Waals surface area contributed by atoms with Crippen molar-refractivity contribution in [3.8, 4) is 11.5 Å². The van der Waals surface area contributed by atoms with Crippen LogP contribution in [0.4, 0.5) is 0 Å². The quantitative estimate of drug-likeness (QED) is 0.629. The van der Waals surface area contributed by atoms with Crippen LogP contribution in [0.3, 0.4) is 0 Å². The molecular weight excluding hydrogens is 324 g/mol. The molecule has 0 saturated heterocycles. The first-order valence-electron chi connectivity index (χ1n) is 7.84. The average molecular weight is 342 g/mol. The molecule has 0 saturated carbocycles. The summed E-state index contributed by atoms with van der Waals surface area (Å²) < 4.78 is 5.08. The fourth-order valence-electron chi connectivity index (χ4n) is 3.07. The highest BCUT2D eigenvalue weighted by molar-refractivity contribution is 6.30. The van der Waals surface area contributed by atoms with Crippen molar-refractivity contribution in [1.82, 2.24) is 0 Å². The Hall–Kier alpha value is -2.70. The molecule has 2 aromatic rings. The van der Waals surface area contributed by atoms with Crippen molar-refractivity contribution in [2.24, 2.45) is 0 Å². The third-order valence-corrected chi connectivity index (χ3v) is 4.50. The number of hydrogen-bond acceptors (Lipinski definition) is 6. The van der Waals surface area contributed by atoms with Crippen LogP contribution in [0.15, 0.2) is 30.3 Å². The zero-order chi connectivity index (χ0) is 18.3. The minimum Gasteiger partial charge on any atom is -0.507 e. The highest BCUT2D eigenvalue weighted by Gasteiger charge is 2.36. The third kappa shape index (κ3) is 2.69. The molecule has 0 aliphatic heterocycles. The molecule has 0 aromatic heterocycles. The number of carbonyl (C=O) groups excluding carboxylic acids is 2. The van der Waals surface area contributed by atoms with Gasteiger partial charge in [0, 0.05) is 30.2 Å². The Kier molecular flexibility index (Phi) is 4.32. The fourth-order valence-corrected chi connectivity index (χ4v) is 3.07. The molecule has 0 spiro atoms. The number of aliphatic hydroxyl groups excluding tert-OH is 1. The number of phenols is 2. The Morgan fingerprint density at radius 1 is 1.04 bits per heavy atom. The molecule has 2 aromatic carbocycles. The highest BCUT2D eigenvalue weighted by Crippen LogP contribution is 2.42. The van der Waals surface area contributed by atoms with Crippen molar-refractivity contribution in [1.29, 1.82) is 0 Å². The summed E-state index contributed by atoms with van der Waals surface area (Å²) in [6.07, 6.45) is -1.31. The second-order valence-corrected chi connectivity index (χ2v) is 6.09. The molecule has 1 aliphatic carbocycles. The van der Waals surface area contributed by atoms with Crippen LogP contribution in [0, 0.1) is 0 Å². The zero-order valence-corrected chi connectivity index (χ0v) is 13.8. The Bertz CT molecular complexity index is 870. The van der Waals surface area contributed by atoms with Gasteiger partial charge in [-0.15, -0.1) is 0 Å². The number of methoxy groups -OCH3 is 1. The predicted molar refractivity (Wildman–Crippen MR) is 89.1 cm³/mol. The van der Waals surface area contributed by atoms with E-state index in [9.17, 15) is 24.9 Å². The number of benzene rings is 2. The van der Waals surface area contributed by atoms with Crippen LogP contribution < -0.4 is 0 Å². The molecule has 2 unspecified atom stereocenters. The summed E-state index contributed by atoms with van der Waals surface area (Å²) in [7, 11) is 1.49. The van der Waals surface area contributed by atoms with Crippen LogP contribution in [0.25, 0.3) is 0 Å². The third-order valence-electron chi connectivity index (χ3n) is 4.50. The first-order chi connectivity index (χ1) is 11.9. The maximum absolute atomic E-state index is 12.8. The molecule has 1 aliphatic rings. The number of aliphatic hydroxyl groups is 1. The number of ketones is 2. The molecule has 3 rings (SSSR count). The van der Waals surface area contributed by atoms with Crippen LogP contribution in [0.1, 0.15) is 56.9 Å². The van der Waals surface area contributed by atoms with Gasteiger partial charge in [0.05, 0.1) is 23.3 Å². The molecule has 0 heterocycles. The van der Waals surface area contributed by atoms with E-state index in [1.807, 2.05) is 0 Å². The number of hydrogen-bond donors (Lipinski definition) is 3. The van der Waals surface area contributed by atoms with Gasteiger partial charge in [0.2, 0.25) is 0 Å². The molecule has 0 bridgehead atoms. The number of ether oxygens (including phenoxy) is 1. The summed E-state index contributed by atoms with van der Waals surface area (Å²) in [4.78, 5) is 25.4. The molecule has 6 heteroatoms. The van der Waals surface area contributed by atoms with Gasteiger partial charge in [0.25, 0.3) is 0 Å². The van der Waals surface area contributed by atoms with Gasteiger partial charge in [-0.2, -0.15) is 0 Å². The summed E-state index contributed by atoms with van der Waals surface area (Å²) in [6, 6.07) is 7.35. The number of fused-ring (bicyclic) bond motifs is 2. The first kappa shape index (κ1) is 17.1. The molecule has 3 N–H and O–H groups in total. The van der Waals surface area contributed by atoms with Gasteiger partial charge < -0.3 is 20.1 Å². The highest BCUT2D eigenvalue weighted by atomic mass is 16.5. The van der Waals surface area contributed by atoms with Gasteiger partial charge in [-0.3, -0.25) is 9.59 Å². The lowest BCUT2D eigenvalue weighted by atomic mass is 9.81. The van der Waals surface area contributed by atoms with Gasteiger partial charge in [0.15, 0.2) is 11.6 Å². The number of phenolic OH excluding ortho intramolecular Hbond substituents is 2. The van der Waals surface area contributed by atoms with Crippen LogP contribution in [0.2, 0.25) is 0 Å². The lowest BCUT2D eigenvalue weighted by Crippen LogP contribution is -2.22. The Balaban J connectivity index is 2.17. The molecule has 25 heavy (non-hydrogen) atoms. The zero-order valence-electron chi connectivity index (χ0n) is 13.8. The standard InChI is InChI=1S/C19H18O6/c1-9(25-2)7-13(20)12-8-14(21)15-16(19(12)24)18(23)11-6-4-3-5-10(11)17(15)22/h3-6,8-9,13,20-21,24H,7H2,1-2H3. The van der Waals surface area contributed by atoms with E-state index in [1.54, 1.807) is 19.1 Å². The van der Waals surface area contributed by atoms with E-state index in [1.165, 1.54) is 19.2 Å². The molecule has 0 amide bonds. The van der Waals surface area contributed by atoms with Gasteiger partial charge in [0.1, 0.15) is 11.5 Å². The lowest BCUT2D eigenvalue weighted by molar-refractivity contribution is 0.0549. The van der Waals surface area contributed by atoms with Crippen LogP contribution in [0.5, 0.6) is 11.5 Å². The average Bonchev–Trinajstić information content (AvgIpc) is 2.60. The molecule has 6 nitrogen and oxygen atoms in total. The fraction of sp³-hybridized carbons (Fsp3) is 0.263. The van der Waals surface area contributed by atoms with Crippen LogP contribution >= 0.6 is 0 Å². The molecule has 130 valence electrons. The van der Waals surface area contributed by atoms with E-state index in [0.717, 1.165) is 6.07 Å². The maximum Gasteiger partial charge on any atom is 0.198 e. The van der Waals surface area contributed by atoms with Crippen molar-refractivity contribution in [2.75, 3.05) is 7.11 Å². The van der Waals surface area contributed by atoms with Crippen LogP contribution in [-0.2, 0) is 4.74 Å². The second-order valence-electron chi connectivity index (χ2n) is 6.09. The maximum atomic E-state index is 12.8. The Labute approximate surface area is 144 Å². The van der Waals surface area contributed by atoms with Crippen LogP contribution in [-0.4, -0.2) is 40.1 Å². The summed E-state index contributed by atoms with van der Waals surface area (Å²) >= 11 is 0. The van der Waals surface area contributed by atoms with E-state index >= 15 is 0 Å². The van der Waals surface area contributed by atoms with E-state index in [2.05, 4.69) is 0 Å². The number of rotatable bonds is 4. The second kappa shape index (κ2) is 6.31. The van der Waals surface area contributed by atoms with Gasteiger partial charge in [-0.25, -0.2) is 0 Å². The monoisotopic (exact) mass is 342 g/mol. The molecular formula is C19H18O6. The van der Waals surface area contributed by atoms with Crippen molar-refractivity contribution in [3.63, 3.8) is 0 Å². The van der Waals surface area contributed by atoms with Gasteiger partial charge in [-0.1, -0.05) is 24.3 Å². The largest absolute Gasteiger partial charge is 0.507 e. The minimum atomic E-state index is -1.16. The summed E-state index contributed by atoms with van der Waals surface area (Å²) in [5.41, 5.74) is -0.192. The van der Waals surface area contributed by atoms with E-state index in [-0.39, 0.29) is 40.3 Å². The predicted octanol–water partition coefficient (Wildman–Crippen LogP) is 2.33. The minimum absolute atomic E-state index is 0.0133. The smallest absolute Gasteiger partial charge is 0.198 e. The van der Waals surface area contributed by atoms with Crippen molar-refractivity contribution in [3.05, 3.63) is 58.1 Å². The van der Waals surface area contributed by atoms with E-state index in [4.69, 9.17) is 4.74 Å². The molecule has 0 radical (unpaired) electrons. The SMILES string of the molecule is COC(C)CC(O)c1cc(O)c2c(c1O)C(=O)c1ccccc1C2=O. The van der Waals surface area contributed by atoms with Gasteiger partial charge in [-0.05, 0) is 13.0 Å². The van der Waals surface area contributed by atoms with Crippen molar-refractivity contribution < 1.29 is 29.6 Å². The lowest BCUT2D eigenvalue weighted by Gasteiger charge is -2.23. The Morgan fingerprint density at radius 3 is 2.16 bits per heavy atom. The van der Waals surface area contributed by atoms with E-state index < -0.39 is 29.2 Å². The Morgan fingerprint density at radius 2 is 1.60 bits per heavy atom. The molecule has 0 fully saturated rings. The van der Waals surface area contributed by atoms with Gasteiger partial charge >= 0.3 is 0 Å². The summed E-state index contributed by atoms with van der Waals surface area (Å²) in [5, 5.41) is 31.2. The first-order valence-corrected chi connectivity index (χ1v) is 7.84. The van der Waals surface area contributed by atoms with Crippen molar-refractivity contribution >= 4 is 11.6 Å². The topological polar surface area (TPSA) is 104 Å². The normalized spacial score (nSPS) is 15.5. The van der Waals surface area contributed by atoms with Crippen molar-refractivity contribution in [2.45, 2.75) is 25.6 Å².